The molecule has 1 nitrogen and oxygen atoms in total. The smallest absolute Gasteiger partial charge is 0.133 e. The molecule has 1 aromatic heterocycles. The van der Waals surface area contributed by atoms with Crippen molar-refractivity contribution < 1.29 is 5.79 Å². The number of rotatable bonds is 3. The van der Waals surface area contributed by atoms with Gasteiger partial charge in [-0.3, -0.25) is 0 Å². The van der Waals surface area contributed by atoms with Crippen LogP contribution < -0.4 is 0 Å². The molecular weight excluding hydrogens is 160 g/mol. The molecule has 1 heterocycles. The van der Waals surface area contributed by atoms with E-state index in [1.54, 1.807) is 6.07 Å². The summed E-state index contributed by atoms with van der Waals surface area (Å²) in [6, 6.07) is 7.93. The predicted molar refractivity (Wildman–Crippen MR) is 54.8 cm³/mol. The molecule has 2 aromatic rings. The highest BCUT2D eigenvalue weighted by Gasteiger charge is 1.97. The summed E-state index contributed by atoms with van der Waals surface area (Å²) in [4.78, 5) is 0. The van der Waals surface area contributed by atoms with Crippen molar-refractivity contribution in [3.05, 3.63) is 36.1 Å². The van der Waals surface area contributed by atoms with E-state index in [9.17, 15) is 0 Å². The van der Waals surface area contributed by atoms with Gasteiger partial charge in [0.05, 0.1) is 6.24 Å². The van der Waals surface area contributed by atoms with Gasteiger partial charge in [-0.15, -0.1) is 0 Å². The van der Waals surface area contributed by atoms with Crippen molar-refractivity contribution in [1.29, 1.82) is 0 Å². The molecule has 0 fully saturated rings. The normalized spacial score (nSPS) is 11.9. The monoisotopic (exact) mass is 175 g/mol. The van der Waals surface area contributed by atoms with E-state index in [2.05, 4.69) is 19.1 Å². The van der Waals surface area contributed by atoms with Crippen molar-refractivity contribution in [2.45, 2.75) is 26.2 Å². The van der Waals surface area contributed by atoms with Crippen LogP contribution >= 0.6 is 0 Å². The van der Waals surface area contributed by atoms with Crippen LogP contribution in [0.5, 0.6) is 0 Å². The Morgan fingerprint density at radius 3 is 3.15 bits per heavy atom. The summed E-state index contributed by atoms with van der Waals surface area (Å²) in [6.45, 7) is 2.19. The third-order valence-electron chi connectivity index (χ3n) is 2.28. The summed E-state index contributed by atoms with van der Waals surface area (Å²) in [5.41, 5.74) is 2.15. The Kier molecular flexibility index (Phi) is 2.02. The lowest BCUT2D eigenvalue weighted by Gasteiger charge is -1.98. The average molecular weight is 175 g/mol. The van der Waals surface area contributed by atoms with E-state index in [1.165, 1.54) is 18.4 Å². The maximum atomic E-state index is 7.37. The average Bonchev–Trinajstić information content (AvgIpc) is 2.54. The highest BCUT2D eigenvalue weighted by Crippen LogP contribution is 2.17. The first-order chi connectivity index (χ1) is 6.79. The van der Waals surface area contributed by atoms with E-state index in [-0.39, 0.29) is 6.24 Å². The maximum Gasteiger partial charge on any atom is 0.133 e. The SMILES string of the molecule is [2H]c1cc2cc(CCCC)ccc2o1. The first-order valence-corrected chi connectivity index (χ1v) is 4.78. The molecule has 0 saturated heterocycles. The van der Waals surface area contributed by atoms with Gasteiger partial charge in [-0.05, 0) is 36.6 Å². The molecule has 0 atom stereocenters. The third kappa shape index (κ3) is 1.74. The van der Waals surface area contributed by atoms with Crippen LogP contribution in [0, 0.1) is 0 Å². The Labute approximate surface area is 79.8 Å². The van der Waals surface area contributed by atoms with Crippen molar-refractivity contribution in [3.63, 3.8) is 0 Å². The van der Waals surface area contributed by atoms with Crippen LogP contribution in [0.15, 0.2) is 34.9 Å². The summed E-state index contributed by atoms with van der Waals surface area (Å²) in [6.07, 6.45) is 3.79. The van der Waals surface area contributed by atoms with E-state index in [4.69, 9.17) is 5.79 Å². The van der Waals surface area contributed by atoms with Gasteiger partial charge in [0.1, 0.15) is 6.95 Å². The van der Waals surface area contributed by atoms with Crippen LogP contribution in [0.3, 0.4) is 0 Å². The summed E-state index contributed by atoms with van der Waals surface area (Å²) < 4.78 is 12.6. The Bertz CT molecular complexity index is 431. The predicted octanol–water partition coefficient (Wildman–Crippen LogP) is 3.78. The van der Waals surface area contributed by atoms with Gasteiger partial charge < -0.3 is 4.42 Å². The van der Waals surface area contributed by atoms with Gasteiger partial charge in [0.25, 0.3) is 0 Å². The van der Waals surface area contributed by atoms with Gasteiger partial charge in [0.2, 0.25) is 0 Å². The maximum absolute atomic E-state index is 7.37. The van der Waals surface area contributed by atoms with Crippen molar-refractivity contribution in [2.24, 2.45) is 0 Å². The van der Waals surface area contributed by atoms with E-state index in [0.29, 0.717) is 0 Å². The lowest BCUT2D eigenvalue weighted by molar-refractivity contribution is 0.615. The lowest BCUT2D eigenvalue weighted by atomic mass is 10.1. The second kappa shape index (κ2) is 3.65. The number of furan rings is 1. The fraction of sp³-hybridized carbons (Fsp3) is 0.333. The zero-order valence-electron chi connectivity index (χ0n) is 8.84. The molecular formula is C12H14O. The highest BCUT2D eigenvalue weighted by atomic mass is 16.3. The molecule has 0 saturated carbocycles. The number of hydrogen-bond acceptors (Lipinski definition) is 1. The van der Waals surface area contributed by atoms with E-state index >= 15 is 0 Å². The molecule has 0 spiro atoms. The van der Waals surface area contributed by atoms with E-state index in [1.807, 2.05) is 6.07 Å². The molecule has 1 heteroatoms. The van der Waals surface area contributed by atoms with Crippen LogP contribution in [0.2, 0.25) is 0 Å². The molecule has 0 aliphatic carbocycles. The number of aryl methyl sites for hydroxylation is 1. The van der Waals surface area contributed by atoms with Crippen molar-refractivity contribution in [2.75, 3.05) is 0 Å². The minimum atomic E-state index is 0.243. The fourth-order valence-corrected chi connectivity index (χ4v) is 1.50. The largest absolute Gasteiger partial charge is 0.464 e. The van der Waals surface area contributed by atoms with Gasteiger partial charge in [-0.2, -0.15) is 0 Å². The zero-order chi connectivity index (χ0) is 9.97. The zero-order valence-corrected chi connectivity index (χ0v) is 7.84. The van der Waals surface area contributed by atoms with Crippen LogP contribution in [0.1, 0.15) is 26.7 Å². The van der Waals surface area contributed by atoms with Crippen molar-refractivity contribution >= 4 is 11.0 Å². The highest BCUT2D eigenvalue weighted by molar-refractivity contribution is 5.77. The summed E-state index contributed by atoms with van der Waals surface area (Å²) >= 11 is 0. The Morgan fingerprint density at radius 1 is 1.38 bits per heavy atom. The topological polar surface area (TPSA) is 13.1 Å². The second-order valence-electron chi connectivity index (χ2n) is 3.34. The van der Waals surface area contributed by atoms with Crippen molar-refractivity contribution in [3.8, 4) is 0 Å². The summed E-state index contributed by atoms with van der Waals surface area (Å²) in [5.74, 6) is 0. The molecule has 1 aromatic carbocycles. The Hall–Kier alpha value is -1.24. The lowest BCUT2D eigenvalue weighted by Crippen LogP contribution is -1.82. The molecule has 0 unspecified atom stereocenters. The first-order valence-electron chi connectivity index (χ1n) is 5.28. The molecule has 2 rings (SSSR count). The molecule has 68 valence electrons. The molecule has 0 aliphatic heterocycles. The van der Waals surface area contributed by atoms with Crippen molar-refractivity contribution in [1.82, 2.24) is 0 Å². The summed E-state index contributed by atoms with van der Waals surface area (Å²) in [5, 5.41) is 1.05. The number of fused-ring (bicyclic) bond motifs is 1. The van der Waals surface area contributed by atoms with Gasteiger partial charge in [-0.25, -0.2) is 0 Å². The van der Waals surface area contributed by atoms with Crippen LogP contribution in [-0.4, -0.2) is 0 Å². The Morgan fingerprint density at radius 2 is 2.31 bits per heavy atom. The number of hydrogen-bond donors (Lipinski definition) is 0. The molecule has 0 amide bonds. The van der Waals surface area contributed by atoms with Gasteiger partial charge in [0, 0.05) is 5.39 Å². The summed E-state index contributed by atoms with van der Waals surface area (Å²) in [7, 11) is 0. The first kappa shape index (κ1) is 7.19. The third-order valence-corrected chi connectivity index (χ3v) is 2.28. The minimum Gasteiger partial charge on any atom is -0.464 e. The van der Waals surface area contributed by atoms with E-state index < -0.39 is 0 Å². The van der Waals surface area contributed by atoms with Gasteiger partial charge in [-0.1, -0.05) is 19.4 Å². The van der Waals surface area contributed by atoms with E-state index in [0.717, 1.165) is 17.4 Å². The number of benzene rings is 1. The van der Waals surface area contributed by atoms with Crippen LogP contribution in [0.4, 0.5) is 0 Å². The number of unbranched alkanes of at least 4 members (excludes halogenated alkanes) is 1. The molecule has 0 N–H and O–H groups in total. The molecule has 0 aliphatic rings. The molecule has 13 heavy (non-hydrogen) atoms. The minimum absolute atomic E-state index is 0.243. The quantitative estimate of drug-likeness (QED) is 0.692. The van der Waals surface area contributed by atoms with Gasteiger partial charge in [0.15, 0.2) is 0 Å². The standard InChI is InChI=1S/C12H14O/c1-2-3-4-10-5-6-12-11(9-10)7-8-13-12/h5-9H,2-4H2,1H3/i8D. The van der Waals surface area contributed by atoms with Crippen LogP contribution in [-0.2, 0) is 6.42 Å². The fourth-order valence-electron chi connectivity index (χ4n) is 1.50. The van der Waals surface area contributed by atoms with Gasteiger partial charge >= 0.3 is 0 Å². The second-order valence-corrected chi connectivity index (χ2v) is 3.34. The molecule has 0 radical (unpaired) electrons. The molecule has 0 bridgehead atoms. The van der Waals surface area contributed by atoms with Crippen LogP contribution in [0.25, 0.3) is 11.0 Å². The Balaban J connectivity index is 2.31.